The van der Waals surface area contributed by atoms with Crippen molar-refractivity contribution in [2.75, 3.05) is 20.2 Å². The Balaban J connectivity index is 2.59. The second kappa shape index (κ2) is 7.09. The Morgan fingerprint density at radius 3 is 2.45 bits per heavy atom. The lowest BCUT2D eigenvalue weighted by atomic mass is 9.82. The SMILES string of the molecule is COc1ccc(C)cc1C(O)CNCC(C)C(C)(C)C. The molecule has 0 amide bonds. The first-order valence-electron chi connectivity index (χ1n) is 7.29. The Hall–Kier alpha value is -1.06. The summed E-state index contributed by atoms with van der Waals surface area (Å²) in [4.78, 5) is 0. The van der Waals surface area contributed by atoms with Gasteiger partial charge < -0.3 is 15.2 Å². The Kier molecular flexibility index (Phi) is 6.03. The van der Waals surface area contributed by atoms with Gasteiger partial charge in [-0.2, -0.15) is 0 Å². The molecule has 0 saturated heterocycles. The van der Waals surface area contributed by atoms with E-state index in [1.807, 2.05) is 25.1 Å². The highest BCUT2D eigenvalue weighted by Crippen LogP contribution is 2.27. The highest BCUT2D eigenvalue weighted by molar-refractivity contribution is 5.38. The minimum absolute atomic E-state index is 0.277. The minimum Gasteiger partial charge on any atom is -0.496 e. The third-order valence-corrected chi connectivity index (χ3v) is 4.01. The van der Waals surface area contributed by atoms with E-state index in [0.29, 0.717) is 12.5 Å². The molecule has 0 aliphatic rings. The summed E-state index contributed by atoms with van der Waals surface area (Å²) in [7, 11) is 1.63. The van der Waals surface area contributed by atoms with Gasteiger partial charge in [-0.3, -0.25) is 0 Å². The van der Waals surface area contributed by atoms with Crippen molar-refractivity contribution in [3.63, 3.8) is 0 Å². The standard InChI is InChI=1S/C17H29NO2/c1-12-7-8-16(20-6)14(9-12)15(19)11-18-10-13(2)17(3,4)5/h7-9,13,15,18-19H,10-11H2,1-6H3. The van der Waals surface area contributed by atoms with Crippen LogP contribution in [0.2, 0.25) is 0 Å². The molecule has 0 fully saturated rings. The zero-order valence-electron chi connectivity index (χ0n) is 13.7. The predicted octanol–water partition coefficient (Wildman–Crippen LogP) is 3.31. The van der Waals surface area contributed by atoms with E-state index in [0.717, 1.165) is 23.4 Å². The molecule has 2 unspecified atom stereocenters. The summed E-state index contributed by atoms with van der Waals surface area (Å²) in [5, 5.41) is 13.7. The molecule has 1 aromatic rings. The van der Waals surface area contributed by atoms with Gasteiger partial charge in [-0.05, 0) is 36.9 Å². The van der Waals surface area contributed by atoms with Gasteiger partial charge >= 0.3 is 0 Å². The van der Waals surface area contributed by atoms with Crippen LogP contribution in [0.25, 0.3) is 0 Å². The molecular formula is C17H29NO2. The van der Waals surface area contributed by atoms with Crippen LogP contribution < -0.4 is 10.1 Å². The molecule has 0 aliphatic heterocycles. The van der Waals surface area contributed by atoms with E-state index >= 15 is 0 Å². The Morgan fingerprint density at radius 1 is 1.25 bits per heavy atom. The largest absolute Gasteiger partial charge is 0.496 e. The molecule has 2 atom stereocenters. The second-order valence-corrected chi connectivity index (χ2v) is 6.69. The van der Waals surface area contributed by atoms with E-state index in [2.05, 4.69) is 33.0 Å². The summed E-state index contributed by atoms with van der Waals surface area (Å²) in [6.45, 7) is 12.4. The van der Waals surface area contributed by atoms with Gasteiger partial charge in [0, 0.05) is 12.1 Å². The first-order chi connectivity index (χ1) is 9.25. The maximum atomic E-state index is 10.3. The smallest absolute Gasteiger partial charge is 0.124 e. The number of nitrogens with one attached hydrogen (secondary N) is 1. The van der Waals surface area contributed by atoms with Crippen LogP contribution in [0.15, 0.2) is 18.2 Å². The molecule has 20 heavy (non-hydrogen) atoms. The molecule has 0 heterocycles. The van der Waals surface area contributed by atoms with Gasteiger partial charge in [-0.25, -0.2) is 0 Å². The zero-order chi connectivity index (χ0) is 15.3. The lowest BCUT2D eigenvalue weighted by Crippen LogP contribution is -2.32. The third kappa shape index (κ3) is 4.80. The van der Waals surface area contributed by atoms with Gasteiger partial charge in [0.25, 0.3) is 0 Å². The predicted molar refractivity (Wildman–Crippen MR) is 84.2 cm³/mol. The minimum atomic E-state index is -0.544. The van der Waals surface area contributed by atoms with Crippen molar-refractivity contribution in [2.24, 2.45) is 11.3 Å². The van der Waals surface area contributed by atoms with E-state index in [1.165, 1.54) is 0 Å². The number of aliphatic hydroxyl groups excluding tert-OH is 1. The van der Waals surface area contributed by atoms with Gasteiger partial charge in [0.05, 0.1) is 13.2 Å². The van der Waals surface area contributed by atoms with Crippen molar-refractivity contribution in [3.05, 3.63) is 29.3 Å². The van der Waals surface area contributed by atoms with Gasteiger partial charge in [0.15, 0.2) is 0 Å². The fourth-order valence-electron chi connectivity index (χ4n) is 1.97. The lowest BCUT2D eigenvalue weighted by Gasteiger charge is -2.28. The quantitative estimate of drug-likeness (QED) is 0.839. The molecule has 0 spiro atoms. The maximum absolute atomic E-state index is 10.3. The highest BCUT2D eigenvalue weighted by Gasteiger charge is 2.20. The summed E-state index contributed by atoms with van der Waals surface area (Å²) in [5.74, 6) is 1.29. The van der Waals surface area contributed by atoms with Crippen LogP contribution in [0.3, 0.4) is 0 Å². The Morgan fingerprint density at radius 2 is 1.90 bits per heavy atom. The van der Waals surface area contributed by atoms with Crippen molar-refractivity contribution < 1.29 is 9.84 Å². The van der Waals surface area contributed by atoms with E-state index in [1.54, 1.807) is 7.11 Å². The summed E-state index contributed by atoms with van der Waals surface area (Å²) < 4.78 is 5.32. The molecule has 0 bridgehead atoms. The van der Waals surface area contributed by atoms with Gasteiger partial charge in [0.1, 0.15) is 5.75 Å². The number of aryl methyl sites for hydroxylation is 1. The van der Waals surface area contributed by atoms with E-state index < -0.39 is 6.10 Å². The average molecular weight is 279 g/mol. The lowest BCUT2D eigenvalue weighted by molar-refractivity contribution is 0.162. The van der Waals surface area contributed by atoms with Crippen molar-refractivity contribution in [3.8, 4) is 5.75 Å². The van der Waals surface area contributed by atoms with Crippen LogP contribution in [-0.4, -0.2) is 25.3 Å². The molecule has 0 saturated carbocycles. The molecule has 0 aromatic heterocycles. The fourth-order valence-corrected chi connectivity index (χ4v) is 1.97. The molecule has 0 aliphatic carbocycles. The number of methoxy groups -OCH3 is 1. The number of rotatable bonds is 6. The van der Waals surface area contributed by atoms with Crippen molar-refractivity contribution in [2.45, 2.75) is 40.7 Å². The molecule has 3 heteroatoms. The van der Waals surface area contributed by atoms with Crippen LogP contribution in [-0.2, 0) is 0 Å². The summed E-state index contributed by atoms with van der Waals surface area (Å²) in [6.07, 6.45) is -0.544. The number of aliphatic hydroxyl groups is 1. The van der Waals surface area contributed by atoms with Gasteiger partial charge in [0.2, 0.25) is 0 Å². The van der Waals surface area contributed by atoms with E-state index in [9.17, 15) is 5.11 Å². The summed E-state index contributed by atoms with van der Waals surface area (Å²) in [6, 6.07) is 5.88. The van der Waals surface area contributed by atoms with Crippen molar-refractivity contribution >= 4 is 0 Å². The molecule has 1 rings (SSSR count). The number of benzene rings is 1. The van der Waals surface area contributed by atoms with Crippen LogP contribution in [0, 0.1) is 18.3 Å². The third-order valence-electron chi connectivity index (χ3n) is 4.01. The number of hydrogen-bond acceptors (Lipinski definition) is 3. The molecule has 2 N–H and O–H groups in total. The molecule has 1 aromatic carbocycles. The van der Waals surface area contributed by atoms with Crippen LogP contribution in [0.5, 0.6) is 5.75 Å². The first kappa shape index (κ1) is 17.0. The fraction of sp³-hybridized carbons (Fsp3) is 0.647. The first-order valence-corrected chi connectivity index (χ1v) is 7.29. The van der Waals surface area contributed by atoms with Gasteiger partial charge in [-0.15, -0.1) is 0 Å². The zero-order valence-corrected chi connectivity index (χ0v) is 13.7. The number of ether oxygens (including phenoxy) is 1. The van der Waals surface area contributed by atoms with Crippen molar-refractivity contribution in [1.29, 1.82) is 0 Å². The summed E-state index contributed by atoms with van der Waals surface area (Å²) in [5.41, 5.74) is 2.25. The topological polar surface area (TPSA) is 41.5 Å². The molecular weight excluding hydrogens is 250 g/mol. The second-order valence-electron chi connectivity index (χ2n) is 6.69. The molecule has 0 radical (unpaired) electrons. The van der Waals surface area contributed by atoms with Crippen LogP contribution >= 0.6 is 0 Å². The monoisotopic (exact) mass is 279 g/mol. The average Bonchev–Trinajstić information content (AvgIpc) is 2.37. The maximum Gasteiger partial charge on any atom is 0.124 e. The van der Waals surface area contributed by atoms with Crippen molar-refractivity contribution in [1.82, 2.24) is 5.32 Å². The molecule has 114 valence electrons. The summed E-state index contributed by atoms with van der Waals surface area (Å²) >= 11 is 0. The number of hydrogen-bond donors (Lipinski definition) is 2. The Bertz CT molecular complexity index is 423. The Labute approximate surface area is 123 Å². The van der Waals surface area contributed by atoms with E-state index in [-0.39, 0.29) is 5.41 Å². The highest BCUT2D eigenvalue weighted by atomic mass is 16.5. The van der Waals surface area contributed by atoms with E-state index in [4.69, 9.17) is 4.74 Å². The van der Waals surface area contributed by atoms with Gasteiger partial charge in [-0.1, -0.05) is 39.3 Å². The molecule has 3 nitrogen and oxygen atoms in total. The van der Waals surface area contributed by atoms with Crippen LogP contribution in [0.4, 0.5) is 0 Å². The van der Waals surface area contributed by atoms with Crippen LogP contribution in [0.1, 0.15) is 44.9 Å². The normalized spacial score (nSPS) is 14.9.